The molecule has 6 nitrogen and oxygen atoms in total. The van der Waals surface area contributed by atoms with Crippen LogP contribution in [0.3, 0.4) is 0 Å². The van der Waals surface area contributed by atoms with Gasteiger partial charge >= 0.3 is 0 Å². The molecule has 28 heavy (non-hydrogen) atoms. The number of hydrogen-bond acceptors (Lipinski definition) is 4. The molecule has 0 aliphatic rings. The van der Waals surface area contributed by atoms with E-state index in [1.807, 2.05) is 26.8 Å². The molecule has 0 fully saturated rings. The number of nitrogens with one attached hydrogen (secondary N) is 3. The number of thiocarbonyl (C=S) groups is 1. The Labute approximate surface area is 170 Å². The maximum atomic E-state index is 12.4. The lowest BCUT2D eigenvalue weighted by Crippen LogP contribution is -2.34. The summed E-state index contributed by atoms with van der Waals surface area (Å²) in [5.74, 6) is 0.188. The van der Waals surface area contributed by atoms with Crippen LogP contribution in [0.2, 0.25) is 0 Å². The Morgan fingerprint density at radius 3 is 2.29 bits per heavy atom. The van der Waals surface area contributed by atoms with Crippen LogP contribution < -0.4 is 20.7 Å². The fourth-order valence-electron chi connectivity index (χ4n) is 2.21. The Morgan fingerprint density at radius 1 is 1.04 bits per heavy atom. The number of carbonyl (C=O) groups excluding carboxylic acids is 2. The summed E-state index contributed by atoms with van der Waals surface area (Å²) < 4.78 is 5.54. The molecule has 0 spiro atoms. The summed E-state index contributed by atoms with van der Waals surface area (Å²) in [6.07, 6.45) is 0.893. The zero-order chi connectivity index (χ0) is 20.5. The molecule has 0 unspecified atom stereocenters. The molecule has 148 valence electrons. The molecule has 0 saturated heterocycles. The molecule has 2 amide bonds. The average molecular weight is 400 g/mol. The van der Waals surface area contributed by atoms with E-state index >= 15 is 0 Å². The van der Waals surface area contributed by atoms with E-state index in [0.29, 0.717) is 29.3 Å². The van der Waals surface area contributed by atoms with Crippen LogP contribution in [-0.2, 0) is 4.79 Å². The van der Waals surface area contributed by atoms with Crippen LogP contribution in [0.15, 0.2) is 48.5 Å². The lowest BCUT2D eigenvalue weighted by Gasteiger charge is -2.12. The summed E-state index contributed by atoms with van der Waals surface area (Å²) in [5.41, 5.74) is 1.86. The van der Waals surface area contributed by atoms with Crippen molar-refractivity contribution in [2.24, 2.45) is 5.92 Å². The molecule has 0 radical (unpaired) electrons. The van der Waals surface area contributed by atoms with Crippen molar-refractivity contribution in [2.75, 3.05) is 17.2 Å². The first-order valence-corrected chi connectivity index (χ1v) is 9.56. The van der Waals surface area contributed by atoms with Gasteiger partial charge in [-0.2, -0.15) is 0 Å². The summed E-state index contributed by atoms with van der Waals surface area (Å²) in [4.78, 5) is 24.1. The van der Waals surface area contributed by atoms with Gasteiger partial charge in [0.05, 0.1) is 6.61 Å². The first-order chi connectivity index (χ1) is 13.4. The minimum Gasteiger partial charge on any atom is -0.494 e. The maximum absolute atomic E-state index is 12.4. The number of carbonyl (C=O) groups is 2. The Bertz CT molecular complexity index is 835. The number of anilines is 2. The van der Waals surface area contributed by atoms with Crippen LogP contribution in [-0.4, -0.2) is 23.5 Å². The molecule has 0 saturated carbocycles. The largest absolute Gasteiger partial charge is 0.494 e. The van der Waals surface area contributed by atoms with Crippen molar-refractivity contribution in [3.63, 3.8) is 0 Å². The quantitative estimate of drug-likeness (QED) is 0.608. The van der Waals surface area contributed by atoms with Crippen LogP contribution in [0.5, 0.6) is 5.75 Å². The highest BCUT2D eigenvalue weighted by Gasteiger charge is 2.10. The molecular weight excluding hydrogens is 374 g/mol. The fraction of sp³-hybridized carbons (Fsp3) is 0.286. The predicted molar refractivity (Wildman–Crippen MR) is 116 cm³/mol. The van der Waals surface area contributed by atoms with Crippen molar-refractivity contribution in [2.45, 2.75) is 27.2 Å². The van der Waals surface area contributed by atoms with Gasteiger partial charge in [0.25, 0.3) is 5.91 Å². The third-order valence-corrected chi connectivity index (χ3v) is 3.93. The van der Waals surface area contributed by atoms with Gasteiger partial charge in [0, 0.05) is 22.9 Å². The summed E-state index contributed by atoms with van der Waals surface area (Å²) in [6, 6.07) is 14.0. The predicted octanol–water partition coefficient (Wildman–Crippen LogP) is 4.20. The minimum absolute atomic E-state index is 0.0476. The second-order valence-corrected chi connectivity index (χ2v) is 6.91. The molecule has 0 aliphatic carbocycles. The molecular formula is C21H25N3O3S. The van der Waals surface area contributed by atoms with Crippen LogP contribution in [0.4, 0.5) is 11.4 Å². The molecule has 0 aliphatic heterocycles. The first kappa shape index (κ1) is 21.4. The minimum atomic E-state index is -0.319. The van der Waals surface area contributed by atoms with Crippen molar-refractivity contribution < 1.29 is 14.3 Å². The summed E-state index contributed by atoms with van der Waals surface area (Å²) in [6.45, 7) is 6.28. The lowest BCUT2D eigenvalue weighted by atomic mass is 10.2. The third-order valence-electron chi connectivity index (χ3n) is 3.73. The van der Waals surface area contributed by atoms with Gasteiger partial charge in [0.1, 0.15) is 5.75 Å². The molecule has 2 rings (SSSR count). The van der Waals surface area contributed by atoms with E-state index in [1.54, 1.807) is 42.5 Å². The third kappa shape index (κ3) is 6.66. The highest BCUT2D eigenvalue weighted by molar-refractivity contribution is 7.80. The van der Waals surface area contributed by atoms with E-state index in [0.717, 1.165) is 6.42 Å². The van der Waals surface area contributed by atoms with Gasteiger partial charge in [-0.1, -0.05) is 26.8 Å². The van der Waals surface area contributed by atoms with Crippen LogP contribution in [0.25, 0.3) is 0 Å². The molecule has 3 N–H and O–H groups in total. The van der Waals surface area contributed by atoms with Gasteiger partial charge in [0.2, 0.25) is 5.91 Å². The zero-order valence-electron chi connectivity index (χ0n) is 16.2. The van der Waals surface area contributed by atoms with E-state index in [1.165, 1.54) is 0 Å². The smallest absolute Gasteiger partial charge is 0.257 e. The van der Waals surface area contributed by atoms with Crippen molar-refractivity contribution in [1.29, 1.82) is 0 Å². The second kappa shape index (κ2) is 10.4. The van der Waals surface area contributed by atoms with Gasteiger partial charge in [-0.05, 0) is 61.1 Å². The van der Waals surface area contributed by atoms with Gasteiger partial charge in [-0.25, -0.2) is 0 Å². The molecule has 2 aromatic rings. The van der Waals surface area contributed by atoms with E-state index in [4.69, 9.17) is 17.0 Å². The normalized spacial score (nSPS) is 10.3. The molecule has 0 heterocycles. The van der Waals surface area contributed by atoms with E-state index in [9.17, 15) is 9.59 Å². The fourth-order valence-corrected chi connectivity index (χ4v) is 2.42. The highest BCUT2D eigenvalue weighted by atomic mass is 32.1. The van der Waals surface area contributed by atoms with Crippen LogP contribution in [0, 0.1) is 5.92 Å². The van der Waals surface area contributed by atoms with E-state index in [-0.39, 0.29) is 22.8 Å². The number of ether oxygens (including phenoxy) is 1. The number of rotatable bonds is 7. The zero-order valence-corrected chi connectivity index (χ0v) is 17.1. The second-order valence-electron chi connectivity index (χ2n) is 6.51. The maximum Gasteiger partial charge on any atom is 0.257 e. The molecule has 0 aromatic heterocycles. The lowest BCUT2D eigenvalue weighted by molar-refractivity contribution is -0.118. The Kier molecular flexibility index (Phi) is 7.95. The van der Waals surface area contributed by atoms with Crippen molar-refractivity contribution in [1.82, 2.24) is 5.32 Å². The van der Waals surface area contributed by atoms with E-state index in [2.05, 4.69) is 16.0 Å². The van der Waals surface area contributed by atoms with Gasteiger partial charge < -0.3 is 15.4 Å². The van der Waals surface area contributed by atoms with Crippen molar-refractivity contribution >= 4 is 40.5 Å². The van der Waals surface area contributed by atoms with Gasteiger partial charge in [-0.15, -0.1) is 0 Å². The SMILES string of the molecule is CCCOc1cccc(C(=O)NC(=S)Nc2ccc(NC(=O)C(C)C)cc2)c1. The first-order valence-electron chi connectivity index (χ1n) is 9.15. The van der Waals surface area contributed by atoms with Gasteiger partial charge in [0.15, 0.2) is 5.11 Å². The Balaban J connectivity index is 1.91. The topological polar surface area (TPSA) is 79.5 Å². The number of hydrogen-bond donors (Lipinski definition) is 3. The van der Waals surface area contributed by atoms with Crippen LogP contribution in [0.1, 0.15) is 37.6 Å². The van der Waals surface area contributed by atoms with Crippen molar-refractivity contribution in [3.05, 3.63) is 54.1 Å². The van der Waals surface area contributed by atoms with E-state index < -0.39 is 0 Å². The number of benzene rings is 2. The Hall–Kier alpha value is -2.93. The average Bonchev–Trinajstić information content (AvgIpc) is 2.67. The van der Waals surface area contributed by atoms with Crippen molar-refractivity contribution in [3.8, 4) is 5.75 Å². The number of amides is 2. The van der Waals surface area contributed by atoms with Crippen LogP contribution >= 0.6 is 12.2 Å². The molecule has 0 bridgehead atoms. The van der Waals surface area contributed by atoms with Gasteiger partial charge in [-0.3, -0.25) is 14.9 Å². The Morgan fingerprint density at radius 2 is 1.68 bits per heavy atom. The standard InChI is InChI=1S/C21H25N3O3S/c1-4-12-27-18-7-5-6-15(13-18)20(26)24-21(28)23-17-10-8-16(9-11-17)22-19(25)14(2)3/h5-11,13-14H,4,12H2,1-3H3,(H,22,25)(H2,23,24,26,28). The molecule has 7 heteroatoms. The molecule has 0 atom stereocenters. The highest BCUT2D eigenvalue weighted by Crippen LogP contribution is 2.15. The summed E-state index contributed by atoms with van der Waals surface area (Å²) in [7, 11) is 0. The molecule has 2 aromatic carbocycles. The summed E-state index contributed by atoms with van der Waals surface area (Å²) in [5, 5.41) is 8.59. The summed E-state index contributed by atoms with van der Waals surface area (Å²) >= 11 is 5.21. The monoisotopic (exact) mass is 399 g/mol.